The van der Waals surface area contributed by atoms with Crippen molar-refractivity contribution < 1.29 is 0 Å². The van der Waals surface area contributed by atoms with E-state index < -0.39 is 0 Å². The Bertz CT molecular complexity index is 1100. The fourth-order valence-electron chi connectivity index (χ4n) is 2.91. The number of hydrogen-bond acceptors (Lipinski definition) is 3. The third-order valence-corrected chi connectivity index (χ3v) is 5.10. The number of nitrogens with one attached hydrogen (secondary N) is 1. The summed E-state index contributed by atoms with van der Waals surface area (Å²) in [4.78, 5) is 4.86. The van der Waals surface area contributed by atoms with E-state index in [1.807, 2.05) is 41.0 Å². The summed E-state index contributed by atoms with van der Waals surface area (Å²) < 4.78 is 1.82. The zero-order valence-corrected chi connectivity index (χ0v) is 16.5. The molecular formula is C21H18Cl2N4. The lowest BCUT2D eigenvalue weighted by Gasteiger charge is -2.13. The van der Waals surface area contributed by atoms with Crippen LogP contribution in [0, 0.1) is 0 Å². The molecule has 0 bridgehead atoms. The van der Waals surface area contributed by atoms with Gasteiger partial charge in [0.1, 0.15) is 5.82 Å². The van der Waals surface area contributed by atoms with Crippen LogP contribution >= 0.6 is 23.2 Å². The first-order chi connectivity index (χ1) is 13.0. The lowest BCUT2D eigenvalue weighted by Crippen LogP contribution is -2.05. The number of aromatic nitrogens is 3. The molecule has 1 N–H and O–H groups in total. The Morgan fingerprint density at radius 1 is 0.963 bits per heavy atom. The molecule has 2 heterocycles. The number of hydrogen-bond donors (Lipinski definition) is 1. The van der Waals surface area contributed by atoms with E-state index in [1.54, 1.807) is 12.1 Å². The number of nitrogens with zero attached hydrogens (tertiary/aromatic N) is 3. The molecule has 0 amide bonds. The first kappa shape index (κ1) is 17.8. The molecule has 2 aromatic heterocycles. The van der Waals surface area contributed by atoms with Gasteiger partial charge in [-0.2, -0.15) is 9.61 Å². The lowest BCUT2D eigenvalue weighted by atomic mass is 10.1. The molecule has 0 spiro atoms. The third kappa shape index (κ3) is 3.51. The van der Waals surface area contributed by atoms with Crippen LogP contribution in [0.4, 0.5) is 11.5 Å². The molecule has 0 saturated heterocycles. The highest BCUT2D eigenvalue weighted by Crippen LogP contribution is 2.30. The maximum atomic E-state index is 6.16. The Morgan fingerprint density at radius 2 is 1.74 bits per heavy atom. The molecule has 4 rings (SSSR count). The Balaban J connectivity index is 1.86. The van der Waals surface area contributed by atoms with Crippen LogP contribution in [-0.2, 0) is 0 Å². The molecule has 2 aromatic carbocycles. The van der Waals surface area contributed by atoms with Gasteiger partial charge in [0.05, 0.1) is 16.2 Å². The minimum absolute atomic E-state index is 0.280. The van der Waals surface area contributed by atoms with E-state index in [-0.39, 0.29) is 5.92 Å². The van der Waals surface area contributed by atoms with Crippen molar-refractivity contribution in [2.45, 2.75) is 19.8 Å². The fourth-order valence-corrected chi connectivity index (χ4v) is 3.21. The Kier molecular flexibility index (Phi) is 4.77. The number of fused-ring (bicyclic) bond motifs is 1. The van der Waals surface area contributed by atoms with Gasteiger partial charge in [-0.25, -0.2) is 4.98 Å². The van der Waals surface area contributed by atoms with Crippen molar-refractivity contribution >= 4 is 40.4 Å². The van der Waals surface area contributed by atoms with Crippen molar-refractivity contribution in [1.82, 2.24) is 14.6 Å². The van der Waals surface area contributed by atoms with Crippen molar-refractivity contribution in [2.24, 2.45) is 0 Å². The Labute approximate surface area is 167 Å². The van der Waals surface area contributed by atoms with Gasteiger partial charge < -0.3 is 5.32 Å². The molecule has 0 saturated carbocycles. The summed E-state index contributed by atoms with van der Waals surface area (Å²) in [6, 6.07) is 17.6. The molecule has 0 atom stereocenters. The quantitative estimate of drug-likeness (QED) is 0.424. The minimum Gasteiger partial charge on any atom is -0.340 e. The van der Waals surface area contributed by atoms with Crippen molar-refractivity contribution in [3.05, 3.63) is 76.5 Å². The fraction of sp³-hybridized carbons (Fsp3) is 0.143. The van der Waals surface area contributed by atoms with Gasteiger partial charge in [0, 0.05) is 23.0 Å². The second-order valence-electron chi connectivity index (χ2n) is 6.63. The van der Waals surface area contributed by atoms with Crippen LogP contribution < -0.4 is 5.32 Å². The van der Waals surface area contributed by atoms with E-state index in [2.05, 4.69) is 36.4 Å². The molecule has 0 fully saturated rings. The second kappa shape index (κ2) is 7.22. The molecule has 0 aliphatic rings. The summed E-state index contributed by atoms with van der Waals surface area (Å²) in [5.41, 5.74) is 4.72. The third-order valence-electron chi connectivity index (χ3n) is 4.36. The van der Waals surface area contributed by atoms with Crippen LogP contribution in [0.2, 0.25) is 10.0 Å². The van der Waals surface area contributed by atoms with Crippen LogP contribution in [0.15, 0.2) is 60.8 Å². The van der Waals surface area contributed by atoms with Gasteiger partial charge in [-0.15, -0.1) is 0 Å². The van der Waals surface area contributed by atoms with Crippen LogP contribution in [0.3, 0.4) is 0 Å². The molecule has 4 nitrogen and oxygen atoms in total. The Hall–Kier alpha value is -2.56. The number of rotatable bonds is 4. The van der Waals surface area contributed by atoms with Crippen molar-refractivity contribution in [2.75, 3.05) is 5.32 Å². The van der Waals surface area contributed by atoms with E-state index in [1.165, 1.54) is 0 Å². The topological polar surface area (TPSA) is 42.2 Å². The molecule has 6 heteroatoms. The van der Waals surface area contributed by atoms with Gasteiger partial charge in [-0.1, -0.05) is 67.4 Å². The minimum atomic E-state index is 0.280. The standard InChI is InChI=1S/C21H18Cl2N4/c1-13(2)19-11-20(25-15-8-9-17(22)18(23)10-15)27-21(26-19)16(12-24-27)14-6-4-3-5-7-14/h3-13,25H,1-2H3. The molecule has 136 valence electrons. The van der Waals surface area contributed by atoms with Crippen LogP contribution in [0.25, 0.3) is 16.8 Å². The summed E-state index contributed by atoms with van der Waals surface area (Å²) in [6.07, 6.45) is 1.85. The summed E-state index contributed by atoms with van der Waals surface area (Å²) >= 11 is 12.2. The van der Waals surface area contributed by atoms with E-state index in [0.29, 0.717) is 10.0 Å². The predicted octanol–water partition coefficient (Wildman–Crippen LogP) is 6.57. The molecule has 0 unspecified atom stereocenters. The monoisotopic (exact) mass is 396 g/mol. The summed E-state index contributed by atoms with van der Waals surface area (Å²) in [7, 11) is 0. The molecule has 4 aromatic rings. The molecule has 0 aliphatic heterocycles. The normalized spacial score (nSPS) is 11.3. The molecular weight excluding hydrogens is 379 g/mol. The van der Waals surface area contributed by atoms with Gasteiger partial charge in [-0.05, 0) is 29.7 Å². The van der Waals surface area contributed by atoms with Gasteiger partial charge in [-0.3, -0.25) is 0 Å². The average molecular weight is 397 g/mol. The van der Waals surface area contributed by atoms with Gasteiger partial charge >= 0.3 is 0 Å². The van der Waals surface area contributed by atoms with Crippen LogP contribution in [0.5, 0.6) is 0 Å². The first-order valence-corrected chi connectivity index (χ1v) is 9.44. The highest BCUT2D eigenvalue weighted by Gasteiger charge is 2.15. The van der Waals surface area contributed by atoms with Crippen LogP contribution in [-0.4, -0.2) is 14.6 Å². The molecule has 0 aliphatic carbocycles. The van der Waals surface area contributed by atoms with E-state index in [4.69, 9.17) is 28.2 Å². The van der Waals surface area contributed by atoms with Crippen molar-refractivity contribution in [1.29, 1.82) is 0 Å². The zero-order chi connectivity index (χ0) is 19.0. The van der Waals surface area contributed by atoms with Gasteiger partial charge in [0.15, 0.2) is 5.65 Å². The van der Waals surface area contributed by atoms with Crippen molar-refractivity contribution in [3.8, 4) is 11.1 Å². The molecule has 27 heavy (non-hydrogen) atoms. The van der Waals surface area contributed by atoms with E-state index in [0.717, 1.165) is 34.0 Å². The second-order valence-corrected chi connectivity index (χ2v) is 7.45. The number of benzene rings is 2. The number of anilines is 2. The Morgan fingerprint density at radius 3 is 2.44 bits per heavy atom. The van der Waals surface area contributed by atoms with Crippen LogP contribution in [0.1, 0.15) is 25.5 Å². The summed E-state index contributed by atoms with van der Waals surface area (Å²) in [5.74, 6) is 1.10. The SMILES string of the molecule is CC(C)c1cc(Nc2ccc(Cl)c(Cl)c2)n2ncc(-c3ccccc3)c2n1. The number of halogens is 2. The van der Waals surface area contributed by atoms with Gasteiger partial charge in [0.2, 0.25) is 0 Å². The average Bonchev–Trinajstić information content (AvgIpc) is 3.09. The highest BCUT2D eigenvalue weighted by atomic mass is 35.5. The van der Waals surface area contributed by atoms with E-state index >= 15 is 0 Å². The smallest absolute Gasteiger partial charge is 0.165 e. The highest BCUT2D eigenvalue weighted by molar-refractivity contribution is 6.42. The first-order valence-electron chi connectivity index (χ1n) is 8.69. The zero-order valence-electron chi connectivity index (χ0n) is 14.9. The molecule has 0 radical (unpaired) electrons. The lowest BCUT2D eigenvalue weighted by molar-refractivity contribution is 0.811. The van der Waals surface area contributed by atoms with Gasteiger partial charge in [0.25, 0.3) is 0 Å². The van der Waals surface area contributed by atoms with E-state index in [9.17, 15) is 0 Å². The summed E-state index contributed by atoms with van der Waals surface area (Å²) in [6.45, 7) is 4.25. The maximum Gasteiger partial charge on any atom is 0.165 e. The maximum absolute atomic E-state index is 6.16. The predicted molar refractivity (Wildman–Crippen MR) is 112 cm³/mol. The summed E-state index contributed by atoms with van der Waals surface area (Å²) in [5, 5.41) is 8.98. The largest absolute Gasteiger partial charge is 0.340 e. The van der Waals surface area contributed by atoms with Crippen molar-refractivity contribution in [3.63, 3.8) is 0 Å².